The molecule has 5 nitrogen and oxygen atoms in total. The molecule has 118 valence electrons. The van der Waals surface area contributed by atoms with Gasteiger partial charge in [-0.3, -0.25) is 4.79 Å². The van der Waals surface area contributed by atoms with Gasteiger partial charge < -0.3 is 15.6 Å². The molecule has 1 amide bonds. The predicted octanol–water partition coefficient (Wildman–Crippen LogP) is 2.57. The van der Waals surface area contributed by atoms with E-state index in [4.69, 9.17) is 5.73 Å². The molecule has 5 heteroatoms. The molecule has 1 heterocycles. The van der Waals surface area contributed by atoms with Gasteiger partial charge >= 0.3 is 0 Å². The largest absolute Gasteiger partial charge is 0.348 e. The van der Waals surface area contributed by atoms with Gasteiger partial charge in [0.2, 0.25) is 5.91 Å². The summed E-state index contributed by atoms with van der Waals surface area (Å²) in [5.41, 5.74) is 7.30. The van der Waals surface area contributed by atoms with E-state index in [-0.39, 0.29) is 11.9 Å². The topological polar surface area (TPSA) is 72.9 Å². The first-order chi connectivity index (χ1) is 10.4. The molecule has 3 N–H and O–H groups in total. The number of nitrogens with two attached hydrogens (primary N) is 1. The number of amides is 1. The second-order valence-corrected chi connectivity index (χ2v) is 5.93. The third kappa shape index (κ3) is 3.74. The van der Waals surface area contributed by atoms with Gasteiger partial charge in [0.15, 0.2) is 0 Å². The number of aromatic nitrogens is 2. The number of imidazole rings is 1. The maximum absolute atomic E-state index is 12.3. The number of carbonyl (C=O) groups excluding carboxylic acids is 1. The molecule has 2 rings (SSSR count). The average Bonchev–Trinajstić information content (AvgIpc) is 3.01. The van der Waals surface area contributed by atoms with Crippen molar-refractivity contribution in [3.63, 3.8) is 0 Å². The fourth-order valence-electron chi connectivity index (χ4n) is 2.44. The number of benzene rings is 1. The van der Waals surface area contributed by atoms with Crippen LogP contribution in [0.5, 0.6) is 0 Å². The Hall–Kier alpha value is -2.14. The van der Waals surface area contributed by atoms with Crippen LogP contribution in [0, 0.1) is 0 Å². The quantitative estimate of drug-likeness (QED) is 0.861. The fraction of sp³-hybridized carbons (Fsp3) is 0.412. The zero-order chi connectivity index (χ0) is 16.2. The lowest BCUT2D eigenvalue weighted by Gasteiger charge is -2.25. The van der Waals surface area contributed by atoms with Crippen LogP contribution in [0.2, 0.25) is 0 Å². The Morgan fingerprint density at radius 1 is 1.50 bits per heavy atom. The Kier molecular flexibility index (Phi) is 4.98. The van der Waals surface area contributed by atoms with E-state index in [0.29, 0.717) is 6.42 Å². The monoisotopic (exact) mass is 300 g/mol. The third-order valence-corrected chi connectivity index (χ3v) is 3.81. The van der Waals surface area contributed by atoms with E-state index in [2.05, 4.69) is 10.3 Å². The van der Waals surface area contributed by atoms with Crippen LogP contribution < -0.4 is 11.1 Å². The van der Waals surface area contributed by atoms with Crippen molar-refractivity contribution in [3.8, 4) is 5.69 Å². The molecule has 22 heavy (non-hydrogen) atoms. The summed E-state index contributed by atoms with van der Waals surface area (Å²) in [5, 5.41) is 3.00. The Morgan fingerprint density at radius 2 is 2.27 bits per heavy atom. The lowest BCUT2D eigenvalue weighted by molar-refractivity contribution is -0.126. The molecule has 2 atom stereocenters. The van der Waals surface area contributed by atoms with Crippen molar-refractivity contribution in [1.29, 1.82) is 0 Å². The maximum atomic E-state index is 12.3. The van der Waals surface area contributed by atoms with Gasteiger partial charge in [-0.2, -0.15) is 0 Å². The molecule has 0 bridgehead atoms. The SMILES string of the molecule is CCCC(C)(N)C(=O)NC(C)c1cccc(-n2ccnc2)c1. The highest BCUT2D eigenvalue weighted by molar-refractivity contribution is 5.85. The molecule has 1 aromatic carbocycles. The number of nitrogens with one attached hydrogen (secondary N) is 1. The van der Waals surface area contributed by atoms with Crippen molar-refractivity contribution in [2.24, 2.45) is 5.73 Å². The minimum atomic E-state index is -0.828. The summed E-state index contributed by atoms with van der Waals surface area (Å²) < 4.78 is 1.93. The van der Waals surface area contributed by atoms with Gasteiger partial charge in [0.25, 0.3) is 0 Å². The van der Waals surface area contributed by atoms with E-state index < -0.39 is 5.54 Å². The van der Waals surface area contributed by atoms with Gasteiger partial charge in [0, 0.05) is 18.1 Å². The van der Waals surface area contributed by atoms with Crippen LogP contribution in [0.3, 0.4) is 0 Å². The average molecular weight is 300 g/mol. The molecular weight excluding hydrogens is 276 g/mol. The summed E-state index contributed by atoms with van der Waals surface area (Å²) in [6.45, 7) is 5.77. The summed E-state index contributed by atoms with van der Waals surface area (Å²) in [7, 11) is 0. The van der Waals surface area contributed by atoms with Crippen molar-refractivity contribution < 1.29 is 4.79 Å². The molecule has 0 aliphatic heterocycles. The summed E-state index contributed by atoms with van der Waals surface area (Å²) in [6.07, 6.45) is 6.93. The second kappa shape index (κ2) is 6.75. The van der Waals surface area contributed by atoms with Crippen LogP contribution in [0.15, 0.2) is 43.0 Å². The van der Waals surface area contributed by atoms with E-state index in [9.17, 15) is 4.79 Å². The number of hydrogen-bond acceptors (Lipinski definition) is 3. The molecule has 0 fully saturated rings. The summed E-state index contributed by atoms with van der Waals surface area (Å²) >= 11 is 0. The zero-order valence-corrected chi connectivity index (χ0v) is 13.4. The van der Waals surface area contributed by atoms with Crippen molar-refractivity contribution in [3.05, 3.63) is 48.5 Å². The third-order valence-electron chi connectivity index (χ3n) is 3.81. The number of carbonyl (C=O) groups is 1. The van der Waals surface area contributed by atoms with Crippen molar-refractivity contribution >= 4 is 5.91 Å². The number of rotatable bonds is 6. The number of nitrogens with zero attached hydrogens (tertiary/aromatic N) is 2. The van der Waals surface area contributed by atoms with Crippen LogP contribution in [-0.2, 0) is 4.79 Å². The molecule has 0 aliphatic carbocycles. The normalized spacial score (nSPS) is 15.1. The molecule has 2 aromatic rings. The first-order valence-corrected chi connectivity index (χ1v) is 7.62. The van der Waals surface area contributed by atoms with Crippen LogP contribution >= 0.6 is 0 Å². The molecule has 0 saturated carbocycles. The Labute approximate surface area is 131 Å². The lowest BCUT2D eigenvalue weighted by atomic mass is 9.95. The fourth-order valence-corrected chi connectivity index (χ4v) is 2.44. The zero-order valence-electron chi connectivity index (χ0n) is 13.4. The van der Waals surface area contributed by atoms with Gasteiger partial charge in [-0.1, -0.05) is 25.5 Å². The van der Waals surface area contributed by atoms with Crippen LogP contribution in [0.25, 0.3) is 5.69 Å². The molecule has 0 radical (unpaired) electrons. The summed E-state index contributed by atoms with van der Waals surface area (Å²) in [5.74, 6) is -0.116. The van der Waals surface area contributed by atoms with Crippen molar-refractivity contribution in [2.75, 3.05) is 0 Å². The van der Waals surface area contributed by atoms with Crippen LogP contribution in [0.1, 0.15) is 45.2 Å². The van der Waals surface area contributed by atoms with Gasteiger partial charge in [0.1, 0.15) is 0 Å². The summed E-state index contributed by atoms with van der Waals surface area (Å²) in [6, 6.07) is 7.92. The Morgan fingerprint density at radius 3 is 2.91 bits per heavy atom. The second-order valence-electron chi connectivity index (χ2n) is 5.93. The minimum Gasteiger partial charge on any atom is -0.348 e. The highest BCUT2D eigenvalue weighted by atomic mass is 16.2. The molecule has 0 saturated heterocycles. The molecule has 2 unspecified atom stereocenters. The van der Waals surface area contributed by atoms with E-state index in [0.717, 1.165) is 17.7 Å². The van der Waals surface area contributed by atoms with Crippen LogP contribution in [0.4, 0.5) is 0 Å². The first kappa shape index (κ1) is 16.2. The molecular formula is C17H24N4O. The molecule has 0 spiro atoms. The van der Waals surface area contributed by atoms with E-state index in [1.165, 1.54) is 0 Å². The van der Waals surface area contributed by atoms with E-state index in [1.54, 1.807) is 19.4 Å². The highest BCUT2D eigenvalue weighted by Gasteiger charge is 2.28. The molecule has 0 aliphatic rings. The van der Waals surface area contributed by atoms with Crippen molar-refractivity contribution in [2.45, 2.75) is 45.2 Å². The van der Waals surface area contributed by atoms with E-state index in [1.807, 2.05) is 48.9 Å². The first-order valence-electron chi connectivity index (χ1n) is 7.62. The van der Waals surface area contributed by atoms with Crippen LogP contribution in [-0.4, -0.2) is 21.0 Å². The number of hydrogen-bond donors (Lipinski definition) is 2. The smallest absolute Gasteiger partial charge is 0.240 e. The van der Waals surface area contributed by atoms with Crippen molar-refractivity contribution in [1.82, 2.24) is 14.9 Å². The predicted molar refractivity (Wildman–Crippen MR) is 87.6 cm³/mol. The maximum Gasteiger partial charge on any atom is 0.240 e. The highest BCUT2D eigenvalue weighted by Crippen LogP contribution is 2.18. The lowest BCUT2D eigenvalue weighted by Crippen LogP contribution is -2.52. The standard InChI is InChI=1S/C17H24N4O/c1-4-8-17(3,18)16(22)20-13(2)14-6-5-7-15(11-14)21-10-9-19-12-21/h5-7,9-13H,4,8,18H2,1-3H3,(H,20,22). The molecule has 1 aromatic heterocycles. The summed E-state index contributed by atoms with van der Waals surface area (Å²) in [4.78, 5) is 16.4. The van der Waals surface area contributed by atoms with Gasteiger partial charge in [-0.15, -0.1) is 0 Å². The van der Waals surface area contributed by atoms with E-state index >= 15 is 0 Å². The van der Waals surface area contributed by atoms with Gasteiger partial charge in [-0.05, 0) is 38.0 Å². The Balaban J connectivity index is 2.12. The minimum absolute atomic E-state index is 0.101. The van der Waals surface area contributed by atoms with Gasteiger partial charge in [0.05, 0.1) is 17.9 Å². The van der Waals surface area contributed by atoms with Gasteiger partial charge in [-0.25, -0.2) is 4.98 Å². The Bertz CT molecular complexity index is 619.